The first-order valence-electron chi connectivity index (χ1n) is 13.1. The molecule has 1 aliphatic carbocycles. The van der Waals surface area contributed by atoms with Crippen molar-refractivity contribution in [3.05, 3.63) is 93.5 Å². The molecule has 9 heteroatoms. The molecule has 0 bridgehead atoms. The summed E-state index contributed by atoms with van der Waals surface area (Å²) in [5, 5.41) is 3.21. The Kier molecular flexibility index (Phi) is 9.66. The number of amides is 1. The van der Waals surface area contributed by atoms with E-state index in [0.717, 1.165) is 71.4 Å². The van der Waals surface area contributed by atoms with Gasteiger partial charge < -0.3 is 20.7 Å². The van der Waals surface area contributed by atoms with Crippen molar-refractivity contribution in [2.45, 2.75) is 51.2 Å². The summed E-state index contributed by atoms with van der Waals surface area (Å²) in [6.07, 6.45) is 8.55. The van der Waals surface area contributed by atoms with Crippen LogP contribution in [0.25, 0.3) is 15.7 Å². The maximum absolute atomic E-state index is 14.6. The first kappa shape index (κ1) is 29.8. The molecule has 0 spiro atoms. The van der Waals surface area contributed by atoms with Crippen LogP contribution in [0.4, 0.5) is 8.78 Å². The highest BCUT2D eigenvalue weighted by atomic mass is 35.5. The van der Waals surface area contributed by atoms with Gasteiger partial charge in [-0.1, -0.05) is 35.9 Å². The second-order valence-electron chi connectivity index (χ2n) is 10.0. The normalized spacial score (nSPS) is 17.9. The van der Waals surface area contributed by atoms with Crippen LogP contribution < -0.4 is 15.8 Å². The summed E-state index contributed by atoms with van der Waals surface area (Å²) in [7, 11) is 3.53. The molecule has 0 unspecified atom stereocenters. The number of nitrogens with two attached hydrogens (primary N) is 1. The van der Waals surface area contributed by atoms with Crippen LogP contribution in [0, 0.1) is 11.6 Å². The van der Waals surface area contributed by atoms with Crippen LogP contribution in [0.5, 0.6) is 5.75 Å². The van der Waals surface area contributed by atoms with E-state index in [2.05, 4.69) is 11.9 Å². The topological polar surface area (TPSA) is 67.6 Å². The molecule has 1 amide bonds. The van der Waals surface area contributed by atoms with Crippen molar-refractivity contribution in [2.75, 3.05) is 14.2 Å². The summed E-state index contributed by atoms with van der Waals surface area (Å²) < 4.78 is 35.0. The van der Waals surface area contributed by atoms with E-state index in [-0.39, 0.29) is 38.5 Å². The Balaban J connectivity index is 1.79. The highest BCUT2D eigenvalue weighted by molar-refractivity contribution is 7.21. The molecule has 2 aromatic carbocycles. The lowest BCUT2D eigenvalue weighted by Gasteiger charge is -2.37. The van der Waals surface area contributed by atoms with Gasteiger partial charge in [0.15, 0.2) is 0 Å². The molecule has 1 heterocycles. The number of ether oxygens (including phenoxy) is 1. The third-order valence-corrected chi connectivity index (χ3v) is 8.99. The van der Waals surface area contributed by atoms with Crippen molar-refractivity contribution >= 4 is 44.5 Å². The maximum atomic E-state index is 14.6. The van der Waals surface area contributed by atoms with Gasteiger partial charge in [-0.25, -0.2) is 8.78 Å². The number of benzene rings is 2. The molecule has 4 rings (SSSR count). The van der Waals surface area contributed by atoms with E-state index in [1.54, 1.807) is 18.1 Å². The Morgan fingerprint density at radius 3 is 2.52 bits per heavy atom. The maximum Gasteiger partial charge on any atom is 0.266 e. The van der Waals surface area contributed by atoms with Gasteiger partial charge in [-0.15, -0.1) is 11.3 Å². The zero-order chi connectivity index (χ0) is 29.0. The number of carbonyl (C=O) groups excluding carboxylic acids is 1. The van der Waals surface area contributed by atoms with Crippen molar-refractivity contribution < 1.29 is 18.3 Å². The van der Waals surface area contributed by atoms with E-state index < -0.39 is 11.6 Å². The fourth-order valence-electron chi connectivity index (χ4n) is 5.27. The molecular weight excluding hydrogens is 552 g/mol. The number of allylic oxidation sites excluding steroid dienone is 4. The van der Waals surface area contributed by atoms with Gasteiger partial charge in [0.05, 0.1) is 22.2 Å². The van der Waals surface area contributed by atoms with Gasteiger partial charge in [-0.05, 0) is 87.3 Å². The minimum Gasteiger partial charge on any atom is -0.496 e. The van der Waals surface area contributed by atoms with E-state index in [1.165, 1.54) is 6.20 Å². The van der Waals surface area contributed by atoms with Crippen LogP contribution in [0.15, 0.2) is 60.8 Å². The summed E-state index contributed by atoms with van der Waals surface area (Å²) in [5.74, 6) is -0.999. The average Bonchev–Trinajstić information content (AvgIpc) is 3.31. The number of thiophene rings is 1. The highest BCUT2D eigenvalue weighted by Gasteiger charge is 2.33. The molecule has 0 radical (unpaired) electrons. The number of hydrogen-bond donors (Lipinski definition) is 2. The fraction of sp³-hybridized carbons (Fsp3) is 0.323. The number of halogens is 3. The van der Waals surface area contributed by atoms with Gasteiger partial charge in [-0.3, -0.25) is 4.79 Å². The lowest BCUT2D eigenvalue weighted by molar-refractivity contribution is 0.0604. The largest absolute Gasteiger partial charge is 0.496 e. The molecule has 1 fully saturated rings. The summed E-state index contributed by atoms with van der Waals surface area (Å²) in [5.41, 5.74) is 9.11. The van der Waals surface area contributed by atoms with Gasteiger partial charge in [0.1, 0.15) is 22.3 Å². The fourth-order valence-corrected chi connectivity index (χ4v) is 6.78. The van der Waals surface area contributed by atoms with Crippen LogP contribution >= 0.6 is 22.9 Å². The minimum atomic E-state index is -0.656. The van der Waals surface area contributed by atoms with Crippen LogP contribution in [-0.2, 0) is 6.54 Å². The van der Waals surface area contributed by atoms with Gasteiger partial charge >= 0.3 is 0 Å². The zero-order valence-electron chi connectivity index (χ0n) is 22.9. The molecule has 3 aromatic rings. The summed E-state index contributed by atoms with van der Waals surface area (Å²) in [6.45, 7) is 6.11. The van der Waals surface area contributed by atoms with Crippen molar-refractivity contribution in [3.63, 3.8) is 0 Å². The van der Waals surface area contributed by atoms with Gasteiger partial charge in [0.25, 0.3) is 5.91 Å². The predicted molar refractivity (Wildman–Crippen MR) is 161 cm³/mol. The van der Waals surface area contributed by atoms with Crippen LogP contribution in [0.1, 0.15) is 53.4 Å². The summed E-state index contributed by atoms with van der Waals surface area (Å²) in [4.78, 5) is 16.1. The molecule has 0 atom stereocenters. The second-order valence-corrected chi connectivity index (χ2v) is 11.4. The summed E-state index contributed by atoms with van der Waals surface area (Å²) in [6, 6.07) is 8.13. The molecule has 0 saturated heterocycles. The smallest absolute Gasteiger partial charge is 0.266 e. The van der Waals surface area contributed by atoms with Crippen molar-refractivity contribution in [2.24, 2.45) is 5.73 Å². The Morgan fingerprint density at radius 1 is 1.23 bits per heavy atom. The van der Waals surface area contributed by atoms with Crippen molar-refractivity contribution in [1.82, 2.24) is 10.2 Å². The van der Waals surface area contributed by atoms with Gasteiger partial charge in [0, 0.05) is 24.2 Å². The van der Waals surface area contributed by atoms with E-state index in [0.29, 0.717) is 11.8 Å². The second kappa shape index (κ2) is 13.0. The monoisotopic (exact) mass is 585 g/mol. The molecule has 1 saturated carbocycles. The standard InChI is InChI=1S/C31H34ClF2N3O2S/c1-18(2)15-20(13-14-35)19-5-12-26(39-4)21(16-19)17-37(23-8-6-22(36-3)7-9-23)31(38)30-28(32)27-24(33)10-11-25(34)29(27)40-30/h5,10-16,22-23,36H,1,6-9,17,35H2,2-4H3/b14-13-,20-15+. The SMILES string of the molecule is C=C(C)/C=C(\C=C/N)c1ccc(OC)c(CN(C(=O)c2sc3c(F)ccc(F)c3c2Cl)C2CCC(NC)CC2)c1. The number of hydrogen-bond acceptors (Lipinski definition) is 5. The third kappa shape index (κ3) is 6.24. The Morgan fingerprint density at radius 2 is 1.93 bits per heavy atom. The van der Waals surface area contributed by atoms with E-state index in [4.69, 9.17) is 22.1 Å². The molecule has 3 N–H and O–H groups in total. The van der Waals surface area contributed by atoms with E-state index >= 15 is 0 Å². The predicted octanol–water partition coefficient (Wildman–Crippen LogP) is 7.45. The Hall–Kier alpha value is -3.20. The molecule has 40 heavy (non-hydrogen) atoms. The number of fused-ring (bicyclic) bond motifs is 1. The number of nitrogens with one attached hydrogen (secondary N) is 1. The molecule has 0 aliphatic heterocycles. The third-order valence-electron chi connectivity index (χ3n) is 7.31. The molecular formula is C31H34ClF2N3O2S. The average molecular weight is 586 g/mol. The lowest BCUT2D eigenvalue weighted by atomic mass is 9.89. The number of rotatable bonds is 9. The van der Waals surface area contributed by atoms with Gasteiger partial charge in [-0.2, -0.15) is 0 Å². The number of methoxy groups -OCH3 is 1. The first-order valence-corrected chi connectivity index (χ1v) is 14.3. The highest BCUT2D eigenvalue weighted by Crippen LogP contribution is 2.40. The van der Waals surface area contributed by atoms with Crippen molar-refractivity contribution in [1.29, 1.82) is 0 Å². The molecule has 1 aliphatic rings. The Bertz CT molecular complexity index is 1470. The van der Waals surface area contributed by atoms with Crippen LogP contribution in [-0.4, -0.2) is 37.0 Å². The Labute approximate surface area is 242 Å². The number of carbonyl (C=O) groups is 1. The minimum absolute atomic E-state index is 0.0370. The lowest BCUT2D eigenvalue weighted by Crippen LogP contribution is -2.44. The van der Waals surface area contributed by atoms with E-state index in [1.807, 2.05) is 38.2 Å². The molecule has 1 aromatic heterocycles. The van der Waals surface area contributed by atoms with Crippen molar-refractivity contribution in [3.8, 4) is 5.75 Å². The molecule has 5 nitrogen and oxygen atoms in total. The quantitative estimate of drug-likeness (QED) is 0.256. The van der Waals surface area contributed by atoms with Crippen LogP contribution in [0.3, 0.4) is 0 Å². The zero-order valence-corrected chi connectivity index (χ0v) is 24.5. The first-order chi connectivity index (χ1) is 19.2. The van der Waals surface area contributed by atoms with E-state index in [9.17, 15) is 13.6 Å². The number of nitrogens with zero attached hydrogens (tertiary/aromatic N) is 1. The summed E-state index contributed by atoms with van der Waals surface area (Å²) >= 11 is 7.44. The molecule has 212 valence electrons. The van der Waals surface area contributed by atoms with Gasteiger partial charge in [0.2, 0.25) is 0 Å². The van der Waals surface area contributed by atoms with Crippen LogP contribution in [0.2, 0.25) is 5.02 Å².